The zero-order valence-electron chi connectivity index (χ0n) is 13.3. The Balaban J connectivity index is 2.82. The summed E-state index contributed by atoms with van der Waals surface area (Å²) in [7, 11) is 0. The van der Waals surface area contributed by atoms with Crippen LogP contribution < -0.4 is 0 Å². The molecule has 1 heterocycles. The highest BCUT2D eigenvalue weighted by Gasteiger charge is 2.16. The summed E-state index contributed by atoms with van der Waals surface area (Å²) in [6.07, 6.45) is 6.70. The molecule has 0 aliphatic carbocycles. The van der Waals surface area contributed by atoms with Gasteiger partial charge in [-0.2, -0.15) is 0 Å². The number of hydrogen-bond donors (Lipinski definition) is 1. The molecule has 0 radical (unpaired) electrons. The first kappa shape index (κ1) is 18.0. The highest BCUT2D eigenvalue weighted by atomic mass is 32.2. The van der Waals surface area contributed by atoms with Gasteiger partial charge in [0.15, 0.2) is 5.16 Å². The maximum atomic E-state index is 10.8. The first-order valence-corrected chi connectivity index (χ1v) is 8.87. The van der Waals surface area contributed by atoms with E-state index in [1.54, 1.807) is 0 Å². The minimum Gasteiger partial charge on any atom is -0.481 e. The second-order valence-corrected chi connectivity index (χ2v) is 6.30. The maximum Gasteiger partial charge on any atom is 0.313 e. The quantitative estimate of drug-likeness (QED) is 0.632. The molecule has 1 unspecified atom stereocenters. The van der Waals surface area contributed by atoms with Gasteiger partial charge in [-0.25, -0.2) is 0 Å². The van der Waals surface area contributed by atoms with Crippen LogP contribution in [0.25, 0.3) is 0 Å². The van der Waals surface area contributed by atoms with Gasteiger partial charge in [0.2, 0.25) is 0 Å². The van der Waals surface area contributed by atoms with Crippen LogP contribution in [-0.4, -0.2) is 31.6 Å². The zero-order chi connectivity index (χ0) is 15.7. The largest absolute Gasteiger partial charge is 0.481 e. The molecule has 0 aliphatic rings. The Bertz CT molecular complexity index is 435. The van der Waals surface area contributed by atoms with Crippen LogP contribution in [0.1, 0.15) is 58.7 Å². The maximum absolute atomic E-state index is 10.8. The second-order valence-electron chi connectivity index (χ2n) is 5.36. The van der Waals surface area contributed by atoms with Gasteiger partial charge in [-0.3, -0.25) is 4.79 Å². The summed E-state index contributed by atoms with van der Waals surface area (Å²) in [5, 5.41) is 18.0. The number of aromatic nitrogens is 3. The molecule has 120 valence electrons. The molecule has 1 N–H and O–H groups in total. The van der Waals surface area contributed by atoms with Gasteiger partial charge in [0.1, 0.15) is 5.82 Å². The minimum absolute atomic E-state index is 0.0377. The number of unbranched alkanes of at least 4 members (excludes halogenated alkanes) is 1. The van der Waals surface area contributed by atoms with Crippen molar-refractivity contribution in [2.45, 2.75) is 71.0 Å². The van der Waals surface area contributed by atoms with Gasteiger partial charge in [0, 0.05) is 13.0 Å². The molecule has 0 spiro atoms. The number of thioether (sulfide) groups is 1. The summed E-state index contributed by atoms with van der Waals surface area (Å²) in [4.78, 5) is 10.8. The van der Waals surface area contributed by atoms with Crippen molar-refractivity contribution >= 4 is 17.7 Å². The van der Waals surface area contributed by atoms with E-state index in [2.05, 4.69) is 35.5 Å². The Kier molecular flexibility index (Phi) is 8.42. The Labute approximate surface area is 131 Å². The van der Waals surface area contributed by atoms with E-state index in [0.717, 1.165) is 36.8 Å². The first-order valence-electron chi connectivity index (χ1n) is 7.88. The normalized spacial score (nSPS) is 12.5. The van der Waals surface area contributed by atoms with E-state index < -0.39 is 5.97 Å². The summed E-state index contributed by atoms with van der Waals surface area (Å²) in [5.41, 5.74) is 0. The van der Waals surface area contributed by atoms with E-state index in [9.17, 15) is 4.79 Å². The number of carbonyl (C=O) groups is 1. The molecule has 0 fully saturated rings. The average Bonchev–Trinajstić information content (AvgIpc) is 2.83. The Morgan fingerprint density at radius 2 is 2.05 bits per heavy atom. The van der Waals surface area contributed by atoms with Crippen LogP contribution in [0.2, 0.25) is 0 Å². The number of aryl methyl sites for hydroxylation is 1. The molecule has 1 atom stereocenters. The molecule has 0 aliphatic heterocycles. The van der Waals surface area contributed by atoms with Crippen molar-refractivity contribution < 1.29 is 9.90 Å². The van der Waals surface area contributed by atoms with Gasteiger partial charge in [0.25, 0.3) is 0 Å². The standard InChI is InChI=1S/C15H27N3O2S/c1-4-7-9-12(6-3)10-18-13(8-5-2)16-17-15(18)21-11-14(19)20/h12H,4-11H2,1-3H3,(H,19,20). The summed E-state index contributed by atoms with van der Waals surface area (Å²) >= 11 is 1.27. The molecule has 1 aromatic rings. The molecule has 21 heavy (non-hydrogen) atoms. The van der Waals surface area contributed by atoms with Gasteiger partial charge in [-0.05, 0) is 18.8 Å². The number of rotatable bonds is 11. The van der Waals surface area contributed by atoms with Crippen molar-refractivity contribution in [2.24, 2.45) is 5.92 Å². The van der Waals surface area contributed by atoms with E-state index in [0.29, 0.717) is 5.92 Å². The lowest BCUT2D eigenvalue weighted by Gasteiger charge is -2.17. The van der Waals surface area contributed by atoms with Crippen LogP contribution in [-0.2, 0) is 17.8 Å². The van der Waals surface area contributed by atoms with Crippen LogP contribution in [0.15, 0.2) is 5.16 Å². The van der Waals surface area contributed by atoms with Crippen LogP contribution in [0.5, 0.6) is 0 Å². The van der Waals surface area contributed by atoms with Crippen molar-refractivity contribution in [1.82, 2.24) is 14.8 Å². The molecular formula is C15H27N3O2S. The monoisotopic (exact) mass is 313 g/mol. The van der Waals surface area contributed by atoms with Gasteiger partial charge in [0.05, 0.1) is 5.75 Å². The fourth-order valence-electron chi connectivity index (χ4n) is 2.32. The SMILES string of the molecule is CCCCC(CC)Cn1c(CCC)nnc1SCC(=O)O. The van der Waals surface area contributed by atoms with E-state index in [1.807, 2.05) is 0 Å². The number of carboxylic acid groups (broad SMARTS) is 1. The van der Waals surface area contributed by atoms with Crippen molar-refractivity contribution in [2.75, 3.05) is 5.75 Å². The van der Waals surface area contributed by atoms with Gasteiger partial charge >= 0.3 is 5.97 Å². The van der Waals surface area contributed by atoms with E-state index in [-0.39, 0.29) is 5.75 Å². The summed E-state index contributed by atoms with van der Waals surface area (Å²) in [6.45, 7) is 7.45. The van der Waals surface area contributed by atoms with Crippen LogP contribution in [0.3, 0.4) is 0 Å². The number of hydrogen-bond acceptors (Lipinski definition) is 4. The summed E-state index contributed by atoms with van der Waals surface area (Å²) in [6, 6.07) is 0. The highest BCUT2D eigenvalue weighted by Crippen LogP contribution is 2.22. The zero-order valence-corrected chi connectivity index (χ0v) is 14.2. The molecule has 0 amide bonds. The number of carboxylic acids is 1. The smallest absolute Gasteiger partial charge is 0.313 e. The Morgan fingerprint density at radius 3 is 2.62 bits per heavy atom. The number of aliphatic carboxylic acids is 1. The van der Waals surface area contributed by atoms with Crippen molar-refractivity contribution in [3.63, 3.8) is 0 Å². The van der Waals surface area contributed by atoms with E-state index >= 15 is 0 Å². The molecule has 0 bridgehead atoms. The fraction of sp³-hybridized carbons (Fsp3) is 0.800. The van der Waals surface area contributed by atoms with Crippen LogP contribution in [0, 0.1) is 5.92 Å². The average molecular weight is 313 g/mol. The fourth-order valence-corrected chi connectivity index (χ4v) is 3.01. The molecule has 1 aromatic heterocycles. The Hall–Kier alpha value is -1.04. The Morgan fingerprint density at radius 1 is 1.29 bits per heavy atom. The van der Waals surface area contributed by atoms with E-state index in [4.69, 9.17) is 5.11 Å². The third-order valence-electron chi connectivity index (χ3n) is 3.58. The summed E-state index contributed by atoms with van der Waals surface area (Å²) in [5.74, 6) is 0.821. The van der Waals surface area contributed by atoms with Gasteiger partial charge in [-0.1, -0.05) is 51.8 Å². The molecule has 1 rings (SSSR count). The topological polar surface area (TPSA) is 68.0 Å². The lowest BCUT2D eigenvalue weighted by molar-refractivity contribution is -0.133. The van der Waals surface area contributed by atoms with E-state index in [1.165, 1.54) is 31.0 Å². The molecule has 5 nitrogen and oxygen atoms in total. The third kappa shape index (κ3) is 6.08. The molecule has 0 saturated carbocycles. The molecule has 0 saturated heterocycles. The molecule has 0 aromatic carbocycles. The minimum atomic E-state index is -0.815. The van der Waals surface area contributed by atoms with Crippen molar-refractivity contribution in [1.29, 1.82) is 0 Å². The predicted molar refractivity (Wildman–Crippen MR) is 85.7 cm³/mol. The molecule has 6 heteroatoms. The summed E-state index contributed by atoms with van der Waals surface area (Å²) < 4.78 is 2.14. The second kappa shape index (κ2) is 9.82. The van der Waals surface area contributed by atoms with Gasteiger partial charge in [-0.15, -0.1) is 10.2 Å². The lowest BCUT2D eigenvalue weighted by atomic mass is 9.99. The lowest BCUT2D eigenvalue weighted by Crippen LogP contribution is -2.14. The van der Waals surface area contributed by atoms with Crippen LogP contribution >= 0.6 is 11.8 Å². The first-order chi connectivity index (χ1) is 10.1. The predicted octanol–water partition coefficient (Wildman–Crippen LogP) is 3.62. The highest BCUT2D eigenvalue weighted by molar-refractivity contribution is 7.99. The van der Waals surface area contributed by atoms with Gasteiger partial charge < -0.3 is 9.67 Å². The molecular weight excluding hydrogens is 286 g/mol. The number of nitrogens with zero attached hydrogens (tertiary/aromatic N) is 3. The van der Waals surface area contributed by atoms with Crippen LogP contribution in [0.4, 0.5) is 0 Å². The van der Waals surface area contributed by atoms with Crippen molar-refractivity contribution in [3.8, 4) is 0 Å². The third-order valence-corrected chi connectivity index (χ3v) is 4.53. The van der Waals surface area contributed by atoms with Crippen molar-refractivity contribution in [3.05, 3.63) is 5.82 Å².